The van der Waals surface area contributed by atoms with Gasteiger partial charge >= 0.3 is 0 Å². The minimum Gasteiger partial charge on any atom is -0.428 e. The van der Waals surface area contributed by atoms with Crippen LogP contribution in [0.2, 0.25) is 0 Å². The molecule has 22 heavy (non-hydrogen) atoms. The van der Waals surface area contributed by atoms with Gasteiger partial charge in [0.15, 0.2) is 0 Å². The van der Waals surface area contributed by atoms with Crippen molar-refractivity contribution in [1.29, 1.82) is 0 Å². The van der Waals surface area contributed by atoms with Gasteiger partial charge in [0, 0.05) is 5.39 Å². The Balaban J connectivity index is 1.98. The highest BCUT2D eigenvalue weighted by Gasteiger charge is 2.29. The van der Waals surface area contributed by atoms with Crippen molar-refractivity contribution >= 4 is 39.8 Å². The van der Waals surface area contributed by atoms with Crippen LogP contribution in [0.4, 0.5) is 0 Å². The third-order valence-corrected chi connectivity index (χ3v) is 4.50. The molecule has 3 aromatic rings. The Morgan fingerprint density at radius 1 is 1.18 bits per heavy atom. The molecular formula is C15H8N2O4S. The molecule has 0 saturated heterocycles. The molecule has 0 unspecified atom stereocenters. The molecule has 2 amide bonds. The highest BCUT2D eigenvalue weighted by Crippen LogP contribution is 2.29. The molecule has 0 atom stereocenters. The van der Waals surface area contributed by atoms with Crippen molar-refractivity contribution in [3.63, 3.8) is 0 Å². The Hall–Kier alpha value is -2.93. The summed E-state index contributed by atoms with van der Waals surface area (Å²) in [6.07, 6.45) is 1.30. The van der Waals surface area contributed by atoms with E-state index in [2.05, 4.69) is 5.32 Å². The monoisotopic (exact) mass is 312 g/mol. The minimum atomic E-state index is -0.505. The normalized spacial score (nSPS) is 13.5. The lowest BCUT2D eigenvalue weighted by molar-refractivity contribution is 0.0878. The molecule has 4 rings (SSSR count). The van der Waals surface area contributed by atoms with E-state index >= 15 is 0 Å². The summed E-state index contributed by atoms with van der Waals surface area (Å²) < 4.78 is 0.798. The quantitative estimate of drug-likeness (QED) is 0.431. The Bertz CT molecular complexity index is 969. The summed E-state index contributed by atoms with van der Waals surface area (Å²) in [6.45, 7) is 0. The largest absolute Gasteiger partial charge is 0.428 e. The number of nitrogens with one attached hydrogen (secondary N) is 1. The highest BCUT2D eigenvalue weighted by molar-refractivity contribution is 7.12. The van der Waals surface area contributed by atoms with Gasteiger partial charge in [-0.3, -0.25) is 19.7 Å². The van der Waals surface area contributed by atoms with Gasteiger partial charge in [-0.05, 0) is 23.6 Å². The van der Waals surface area contributed by atoms with Crippen molar-refractivity contribution in [3.05, 3.63) is 57.4 Å². The molecule has 0 radical (unpaired) electrons. The lowest BCUT2D eigenvalue weighted by Gasteiger charge is -1.99. The second kappa shape index (κ2) is 4.28. The van der Waals surface area contributed by atoms with Gasteiger partial charge in [0.05, 0.1) is 33.3 Å². The summed E-state index contributed by atoms with van der Waals surface area (Å²) in [5.74, 6) is -1.24. The zero-order valence-electron chi connectivity index (χ0n) is 11.0. The fourth-order valence-electron chi connectivity index (χ4n) is 2.59. The zero-order chi connectivity index (χ0) is 15.4. The van der Waals surface area contributed by atoms with Crippen LogP contribution >= 0.6 is 11.3 Å². The number of rotatable bonds is 2. The van der Waals surface area contributed by atoms with Crippen molar-refractivity contribution in [2.45, 2.75) is 0 Å². The van der Waals surface area contributed by atoms with E-state index in [-0.39, 0.29) is 22.5 Å². The van der Waals surface area contributed by atoms with Crippen LogP contribution in [0.3, 0.4) is 0 Å². The number of ketones is 1. The number of benzene rings is 1. The molecule has 6 nitrogen and oxygen atoms in total. The summed E-state index contributed by atoms with van der Waals surface area (Å²) in [5.41, 5.74) is 1.00. The van der Waals surface area contributed by atoms with E-state index in [0.717, 1.165) is 4.73 Å². The topological polar surface area (TPSA) is 88.4 Å². The second-order valence-corrected chi connectivity index (χ2v) is 5.84. The van der Waals surface area contributed by atoms with Crippen molar-refractivity contribution in [3.8, 4) is 0 Å². The van der Waals surface area contributed by atoms with E-state index in [1.807, 2.05) is 0 Å². The van der Waals surface area contributed by atoms with E-state index in [1.54, 1.807) is 17.5 Å². The van der Waals surface area contributed by atoms with Gasteiger partial charge in [0.25, 0.3) is 11.8 Å². The first-order valence-corrected chi connectivity index (χ1v) is 7.26. The Morgan fingerprint density at radius 2 is 1.91 bits per heavy atom. The van der Waals surface area contributed by atoms with Gasteiger partial charge in [-0.1, -0.05) is 6.07 Å². The number of hydrogen-bond donors (Lipinski definition) is 2. The van der Waals surface area contributed by atoms with E-state index in [0.29, 0.717) is 15.8 Å². The van der Waals surface area contributed by atoms with Crippen LogP contribution in [0, 0.1) is 0 Å². The molecule has 7 heteroatoms. The maximum absolute atomic E-state index is 12.5. The van der Waals surface area contributed by atoms with Crippen LogP contribution in [0.1, 0.15) is 36.0 Å². The van der Waals surface area contributed by atoms with Crippen molar-refractivity contribution in [2.75, 3.05) is 0 Å². The molecule has 1 aromatic carbocycles. The molecule has 1 aliphatic rings. The van der Waals surface area contributed by atoms with Gasteiger partial charge in [0.2, 0.25) is 5.78 Å². The molecule has 0 bridgehead atoms. The number of aromatic nitrogens is 1. The first-order valence-electron chi connectivity index (χ1n) is 6.38. The van der Waals surface area contributed by atoms with E-state index in [9.17, 15) is 19.6 Å². The number of carbonyl (C=O) groups is 3. The number of thiophene rings is 1. The molecule has 2 aromatic heterocycles. The third-order valence-electron chi connectivity index (χ3n) is 3.63. The highest BCUT2D eigenvalue weighted by atomic mass is 32.1. The summed E-state index contributed by atoms with van der Waals surface area (Å²) in [6, 6.07) is 6.34. The van der Waals surface area contributed by atoms with Crippen molar-refractivity contribution in [1.82, 2.24) is 10.0 Å². The van der Waals surface area contributed by atoms with Crippen LogP contribution in [-0.2, 0) is 0 Å². The van der Waals surface area contributed by atoms with Gasteiger partial charge < -0.3 is 5.21 Å². The maximum Gasteiger partial charge on any atom is 0.259 e. The predicted octanol–water partition coefficient (Wildman–Crippen LogP) is 2.05. The van der Waals surface area contributed by atoms with Crippen molar-refractivity contribution in [2.24, 2.45) is 0 Å². The zero-order valence-corrected chi connectivity index (χ0v) is 11.8. The minimum absolute atomic E-state index is 0.195. The molecule has 108 valence electrons. The van der Waals surface area contributed by atoms with Crippen LogP contribution in [0.25, 0.3) is 10.9 Å². The number of amides is 2. The van der Waals surface area contributed by atoms with E-state index in [4.69, 9.17) is 0 Å². The van der Waals surface area contributed by atoms with Gasteiger partial charge in [-0.15, -0.1) is 11.3 Å². The smallest absolute Gasteiger partial charge is 0.259 e. The van der Waals surface area contributed by atoms with E-state index in [1.165, 1.54) is 29.7 Å². The summed E-state index contributed by atoms with van der Waals surface area (Å²) in [5, 5.41) is 14.4. The number of imide groups is 1. The first kappa shape index (κ1) is 12.8. The lowest BCUT2D eigenvalue weighted by Crippen LogP contribution is -2.19. The predicted molar refractivity (Wildman–Crippen MR) is 78.7 cm³/mol. The standard InChI is InChI=1S/C15H8N2O4S/c18-13(12-2-1-3-22-12)10-6-17(21)11-5-9-8(4-7(10)11)14(19)16-15(9)20/h1-6,21H,(H,16,19,20). The van der Waals surface area contributed by atoms with Gasteiger partial charge in [-0.25, -0.2) is 0 Å². The van der Waals surface area contributed by atoms with Gasteiger partial charge in [-0.2, -0.15) is 4.73 Å². The number of fused-ring (bicyclic) bond motifs is 2. The molecule has 0 spiro atoms. The molecular weight excluding hydrogens is 304 g/mol. The average Bonchev–Trinajstić information content (AvgIpc) is 3.19. The maximum atomic E-state index is 12.5. The molecule has 0 fully saturated rings. The van der Waals surface area contributed by atoms with Crippen LogP contribution in [-0.4, -0.2) is 27.5 Å². The molecule has 1 aliphatic heterocycles. The first-order chi connectivity index (χ1) is 10.6. The summed E-state index contributed by atoms with van der Waals surface area (Å²) >= 11 is 1.30. The molecule has 3 heterocycles. The molecule has 0 aliphatic carbocycles. The third kappa shape index (κ3) is 1.63. The second-order valence-electron chi connectivity index (χ2n) is 4.89. The molecule has 2 N–H and O–H groups in total. The Labute approximate surface area is 127 Å². The molecule has 0 saturated carbocycles. The SMILES string of the molecule is O=C1NC(=O)c2cc3c(cc21)c(C(=O)c1cccs1)cn3O. The fraction of sp³-hybridized carbons (Fsp3) is 0. The summed E-state index contributed by atoms with van der Waals surface area (Å²) in [4.78, 5) is 36.5. The number of nitrogens with zero attached hydrogens (tertiary/aromatic N) is 1. The van der Waals surface area contributed by atoms with Crippen molar-refractivity contribution < 1.29 is 19.6 Å². The van der Waals surface area contributed by atoms with Gasteiger partial charge in [0.1, 0.15) is 0 Å². The number of hydrogen-bond acceptors (Lipinski definition) is 5. The Kier molecular flexibility index (Phi) is 2.49. The lowest BCUT2D eigenvalue weighted by atomic mass is 10.0. The average molecular weight is 312 g/mol. The fourth-order valence-corrected chi connectivity index (χ4v) is 3.27. The van der Waals surface area contributed by atoms with Crippen LogP contribution in [0.15, 0.2) is 35.8 Å². The van der Waals surface area contributed by atoms with E-state index < -0.39 is 11.8 Å². The number of carbonyl (C=O) groups excluding carboxylic acids is 3. The summed E-state index contributed by atoms with van der Waals surface area (Å²) in [7, 11) is 0. The van der Waals surface area contributed by atoms with Crippen LogP contribution in [0.5, 0.6) is 0 Å². The van der Waals surface area contributed by atoms with Crippen LogP contribution < -0.4 is 5.32 Å². The Morgan fingerprint density at radius 3 is 2.59 bits per heavy atom.